The zero-order valence-electron chi connectivity index (χ0n) is 10.0. The molecule has 1 fully saturated rings. The lowest BCUT2D eigenvalue weighted by Gasteiger charge is -2.15. The quantitative estimate of drug-likeness (QED) is 0.516. The van der Waals surface area contributed by atoms with E-state index in [1.165, 1.54) is 10.8 Å². The van der Waals surface area contributed by atoms with Crippen LogP contribution in [0.2, 0.25) is 0 Å². The fourth-order valence-electron chi connectivity index (χ4n) is 2.05. The molecule has 2 heterocycles. The van der Waals surface area contributed by atoms with E-state index in [2.05, 4.69) is 0 Å². The van der Waals surface area contributed by atoms with E-state index in [-0.39, 0.29) is 13.0 Å². The molecule has 0 spiro atoms. The molecule has 0 aromatic carbocycles. The highest BCUT2D eigenvalue weighted by Crippen LogP contribution is 2.27. The third-order valence-electron chi connectivity index (χ3n) is 3.11. The van der Waals surface area contributed by atoms with Gasteiger partial charge in [-0.15, -0.1) is 0 Å². The molecule has 3 atom stereocenters. The molecule has 7 nitrogen and oxygen atoms in total. The Bertz CT molecular complexity index is 487. The first-order valence-electron chi connectivity index (χ1n) is 5.85. The number of hydrogen-bond acceptors (Lipinski definition) is 5. The molecule has 2 rings (SSSR count). The van der Waals surface area contributed by atoms with Crippen LogP contribution in [0.15, 0.2) is 17.2 Å². The van der Waals surface area contributed by atoms with Crippen molar-refractivity contribution in [3.8, 4) is 0 Å². The second kappa shape index (κ2) is 5.05. The minimum atomic E-state index is -0.809. The fourth-order valence-corrected chi connectivity index (χ4v) is 2.05. The molecule has 7 heteroatoms. The van der Waals surface area contributed by atoms with Gasteiger partial charge in [0.15, 0.2) is 0 Å². The summed E-state index contributed by atoms with van der Waals surface area (Å²) in [6.07, 6.45) is 0.951. The minimum absolute atomic E-state index is 0.219. The largest absolute Gasteiger partial charge is 0.618 e. The SMILES string of the molecule is CCc1cn(C2C[C@H](O)[C@@H](CO)O2)c(=O)c[n+]1[O-]. The Hall–Kier alpha value is -1.44. The van der Waals surface area contributed by atoms with Crippen molar-refractivity contribution < 1.29 is 19.7 Å². The highest BCUT2D eigenvalue weighted by Gasteiger charge is 2.35. The molecule has 1 aliphatic heterocycles. The van der Waals surface area contributed by atoms with Crippen LogP contribution in [-0.4, -0.2) is 33.6 Å². The Labute approximate surface area is 103 Å². The van der Waals surface area contributed by atoms with Crippen LogP contribution < -0.4 is 10.3 Å². The summed E-state index contributed by atoms with van der Waals surface area (Å²) in [6, 6.07) is 0. The first-order chi connectivity index (χ1) is 8.56. The van der Waals surface area contributed by atoms with Crippen molar-refractivity contribution >= 4 is 0 Å². The molecule has 100 valence electrons. The molecule has 0 bridgehead atoms. The summed E-state index contributed by atoms with van der Waals surface area (Å²) in [5, 5.41) is 30.0. The van der Waals surface area contributed by atoms with Crippen LogP contribution >= 0.6 is 0 Å². The number of aryl methyl sites for hydroxylation is 1. The lowest BCUT2D eigenvalue weighted by molar-refractivity contribution is -0.615. The van der Waals surface area contributed by atoms with Gasteiger partial charge in [-0.2, -0.15) is 4.73 Å². The van der Waals surface area contributed by atoms with Crippen molar-refractivity contribution in [1.82, 2.24) is 4.57 Å². The Morgan fingerprint density at radius 2 is 2.39 bits per heavy atom. The highest BCUT2D eigenvalue weighted by molar-refractivity contribution is 4.93. The molecule has 1 aromatic heterocycles. The van der Waals surface area contributed by atoms with Crippen molar-refractivity contribution in [3.63, 3.8) is 0 Å². The zero-order valence-corrected chi connectivity index (χ0v) is 10.0. The Morgan fingerprint density at radius 3 is 2.94 bits per heavy atom. The molecular formula is C11H16N2O5. The van der Waals surface area contributed by atoms with E-state index in [1.54, 1.807) is 6.92 Å². The lowest BCUT2D eigenvalue weighted by Crippen LogP contribution is -2.40. The predicted molar refractivity (Wildman–Crippen MR) is 60.7 cm³/mol. The van der Waals surface area contributed by atoms with Crippen LogP contribution in [0.3, 0.4) is 0 Å². The van der Waals surface area contributed by atoms with Crippen molar-refractivity contribution in [2.24, 2.45) is 0 Å². The van der Waals surface area contributed by atoms with Gasteiger partial charge in [0.05, 0.1) is 18.9 Å². The van der Waals surface area contributed by atoms with Gasteiger partial charge in [0.1, 0.15) is 12.3 Å². The van der Waals surface area contributed by atoms with Crippen molar-refractivity contribution in [1.29, 1.82) is 0 Å². The van der Waals surface area contributed by atoms with Gasteiger partial charge in [0, 0.05) is 12.8 Å². The highest BCUT2D eigenvalue weighted by atomic mass is 16.5. The summed E-state index contributed by atoms with van der Waals surface area (Å²) in [4.78, 5) is 11.7. The van der Waals surface area contributed by atoms with Gasteiger partial charge in [-0.25, -0.2) is 0 Å². The van der Waals surface area contributed by atoms with Crippen LogP contribution in [0.25, 0.3) is 0 Å². The molecular weight excluding hydrogens is 240 g/mol. The van der Waals surface area contributed by atoms with Crippen LogP contribution in [0, 0.1) is 5.21 Å². The summed E-state index contributed by atoms with van der Waals surface area (Å²) in [5.41, 5.74) is -0.0434. The second-order valence-electron chi connectivity index (χ2n) is 4.29. The second-order valence-corrected chi connectivity index (χ2v) is 4.29. The van der Waals surface area contributed by atoms with Crippen LogP contribution in [0.5, 0.6) is 0 Å². The maximum absolute atomic E-state index is 11.7. The van der Waals surface area contributed by atoms with E-state index in [0.29, 0.717) is 16.8 Å². The van der Waals surface area contributed by atoms with Crippen LogP contribution in [0.4, 0.5) is 0 Å². The molecule has 18 heavy (non-hydrogen) atoms. The van der Waals surface area contributed by atoms with E-state index in [1.807, 2.05) is 0 Å². The molecule has 1 aromatic rings. The van der Waals surface area contributed by atoms with Gasteiger partial charge in [-0.05, 0) is 0 Å². The van der Waals surface area contributed by atoms with Crippen LogP contribution in [0.1, 0.15) is 25.3 Å². The molecule has 0 saturated carbocycles. The number of aliphatic hydroxyl groups is 2. The van der Waals surface area contributed by atoms with Gasteiger partial charge in [-0.3, -0.25) is 9.36 Å². The monoisotopic (exact) mass is 256 g/mol. The lowest BCUT2D eigenvalue weighted by atomic mass is 10.2. The number of aliphatic hydroxyl groups excluding tert-OH is 2. The third kappa shape index (κ3) is 2.24. The Morgan fingerprint density at radius 1 is 1.67 bits per heavy atom. The molecule has 1 saturated heterocycles. The number of rotatable bonds is 3. The summed E-state index contributed by atoms with van der Waals surface area (Å²) in [7, 11) is 0. The van der Waals surface area contributed by atoms with E-state index in [4.69, 9.17) is 9.84 Å². The molecule has 0 amide bonds. The number of aromatic nitrogens is 2. The average Bonchev–Trinajstić information content (AvgIpc) is 2.70. The third-order valence-corrected chi connectivity index (χ3v) is 3.11. The number of nitrogens with zero attached hydrogens (tertiary/aromatic N) is 2. The topological polar surface area (TPSA) is 98.6 Å². The minimum Gasteiger partial charge on any atom is -0.618 e. The van der Waals surface area contributed by atoms with Gasteiger partial charge in [-0.1, -0.05) is 6.92 Å². The van der Waals surface area contributed by atoms with Gasteiger partial charge in [0.25, 0.3) is 0 Å². The maximum atomic E-state index is 11.7. The van der Waals surface area contributed by atoms with Crippen molar-refractivity contribution in [2.75, 3.05) is 6.61 Å². The Kier molecular flexibility index (Phi) is 3.65. The van der Waals surface area contributed by atoms with E-state index >= 15 is 0 Å². The number of ether oxygens (including phenoxy) is 1. The normalized spacial score (nSPS) is 27.6. The van der Waals surface area contributed by atoms with Crippen LogP contribution in [-0.2, 0) is 11.2 Å². The first-order valence-corrected chi connectivity index (χ1v) is 5.85. The summed E-state index contributed by atoms with van der Waals surface area (Å²) in [6.45, 7) is 1.50. The molecule has 1 unspecified atom stereocenters. The van der Waals surface area contributed by atoms with Crippen molar-refractivity contribution in [2.45, 2.75) is 38.2 Å². The number of hydrogen-bond donors (Lipinski definition) is 2. The smallest absolute Gasteiger partial charge is 0.318 e. The maximum Gasteiger partial charge on any atom is 0.318 e. The van der Waals surface area contributed by atoms with Gasteiger partial charge >= 0.3 is 5.56 Å². The van der Waals surface area contributed by atoms with Crippen molar-refractivity contribution in [3.05, 3.63) is 33.6 Å². The fraction of sp³-hybridized carbons (Fsp3) is 0.636. The van der Waals surface area contributed by atoms with E-state index < -0.39 is 24.0 Å². The van der Waals surface area contributed by atoms with Gasteiger partial charge in [0.2, 0.25) is 11.9 Å². The summed E-state index contributed by atoms with van der Waals surface area (Å²) >= 11 is 0. The Balaban J connectivity index is 2.32. The zero-order chi connectivity index (χ0) is 13.3. The molecule has 0 aliphatic carbocycles. The van der Waals surface area contributed by atoms with Gasteiger partial charge < -0.3 is 20.2 Å². The predicted octanol–water partition coefficient (Wildman–Crippen LogP) is -1.32. The summed E-state index contributed by atoms with van der Waals surface area (Å²) < 4.78 is 7.20. The van der Waals surface area contributed by atoms with E-state index in [0.717, 1.165) is 6.20 Å². The standard InChI is InChI=1S/C11H16N2O5/c1-2-7-4-12(10(16)5-13(7)17)11-3-8(15)9(6-14)18-11/h4-5,8-9,11,14-15H,2-3,6H2,1H3/t8-,9+,11?/m0/s1. The average molecular weight is 256 g/mol. The molecule has 0 radical (unpaired) electrons. The molecule has 2 N–H and O–H groups in total. The van der Waals surface area contributed by atoms with E-state index in [9.17, 15) is 15.1 Å². The molecule has 1 aliphatic rings. The first kappa shape index (κ1) is 13.0. The summed E-state index contributed by atoms with van der Waals surface area (Å²) in [5.74, 6) is 0.